The maximum atomic E-state index is 11.7. The summed E-state index contributed by atoms with van der Waals surface area (Å²) < 4.78 is 20.7. The van der Waals surface area contributed by atoms with Crippen LogP contribution in [-0.2, 0) is 28.5 Å². The van der Waals surface area contributed by atoms with Gasteiger partial charge in [0, 0.05) is 12.8 Å². The van der Waals surface area contributed by atoms with Crippen molar-refractivity contribution in [2.45, 2.75) is 70.0 Å². The molecule has 2 rings (SSSR count). The normalized spacial score (nSPS) is 20.5. The molecular formula is C16H26O6. The van der Waals surface area contributed by atoms with E-state index in [1.807, 2.05) is 0 Å². The van der Waals surface area contributed by atoms with Crippen LogP contribution >= 0.6 is 0 Å². The summed E-state index contributed by atoms with van der Waals surface area (Å²) in [5, 5.41) is 0. The Bertz CT molecular complexity index is 311. The molecule has 22 heavy (non-hydrogen) atoms. The van der Waals surface area contributed by atoms with Gasteiger partial charge in [-0.05, 0) is 38.5 Å². The minimum atomic E-state index is -0.308. The third-order valence-electron chi connectivity index (χ3n) is 3.93. The lowest BCUT2D eigenvalue weighted by Gasteiger charge is -2.22. The van der Waals surface area contributed by atoms with Gasteiger partial charge in [-0.2, -0.15) is 0 Å². The molecule has 1 heterocycles. The van der Waals surface area contributed by atoms with Crippen molar-refractivity contribution in [2.24, 2.45) is 0 Å². The highest BCUT2D eigenvalue weighted by atomic mass is 16.7. The van der Waals surface area contributed by atoms with Crippen LogP contribution in [0.25, 0.3) is 0 Å². The molecule has 1 saturated carbocycles. The van der Waals surface area contributed by atoms with E-state index in [1.165, 1.54) is 6.42 Å². The number of unbranched alkanes of at least 4 members (excludes halogenated alkanes) is 1. The van der Waals surface area contributed by atoms with Gasteiger partial charge in [-0.1, -0.05) is 6.42 Å². The van der Waals surface area contributed by atoms with Crippen LogP contribution in [0.2, 0.25) is 0 Å². The van der Waals surface area contributed by atoms with E-state index in [-0.39, 0.29) is 30.9 Å². The predicted octanol–water partition coefficient (Wildman–Crippen LogP) is 2.34. The fraction of sp³-hybridized carbons (Fsp3) is 0.875. The number of hydrogen-bond donors (Lipinski definition) is 0. The van der Waals surface area contributed by atoms with E-state index in [0.717, 1.165) is 25.7 Å². The van der Waals surface area contributed by atoms with E-state index in [9.17, 15) is 9.59 Å². The second-order valence-electron chi connectivity index (χ2n) is 5.93. The molecule has 1 aliphatic heterocycles. The molecule has 0 spiro atoms. The summed E-state index contributed by atoms with van der Waals surface area (Å²) in [7, 11) is 0. The van der Waals surface area contributed by atoms with Crippen molar-refractivity contribution < 1.29 is 28.5 Å². The van der Waals surface area contributed by atoms with Gasteiger partial charge in [-0.3, -0.25) is 9.59 Å². The largest absolute Gasteiger partial charge is 0.462 e. The van der Waals surface area contributed by atoms with Crippen LogP contribution in [0, 0.1) is 0 Å². The summed E-state index contributed by atoms with van der Waals surface area (Å²) in [6, 6.07) is 0. The van der Waals surface area contributed by atoms with Crippen LogP contribution in [0.3, 0.4) is 0 Å². The number of carbonyl (C=O) groups is 2. The van der Waals surface area contributed by atoms with Crippen LogP contribution in [0.1, 0.15) is 57.8 Å². The molecule has 0 radical (unpaired) electrons. The zero-order valence-electron chi connectivity index (χ0n) is 13.1. The van der Waals surface area contributed by atoms with Crippen molar-refractivity contribution in [1.29, 1.82) is 0 Å². The van der Waals surface area contributed by atoms with Gasteiger partial charge in [0.1, 0.15) is 19.0 Å². The first kappa shape index (κ1) is 17.2. The van der Waals surface area contributed by atoms with Gasteiger partial charge in [0.15, 0.2) is 0 Å². The summed E-state index contributed by atoms with van der Waals surface area (Å²) in [4.78, 5) is 23.3. The highest BCUT2D eigenvalue weighted by Gasteiger charge is 2.19. The monoisotopic (exact) mass is 314 g/mol. The van der Waals surface area contributed by atoms with E-state index in [4.69, 9.17) is 18.9 Å². The molecule has 0 N–H and O–H groups in total. The van der Waals surface area contributed by atoms with Crippen LogP contribution in [0.15, 0.2) is 0 Å². The number of carbonyl (C=O) groups excluding carboxylic acids is 2. The molecule has 6 heteroatoms. The second kappa shape index (κ2) is 9.79. The lowest BCUT2D eigenvalue weighted by molar-refractivity contribution is -0.183. The molecule has 0 bridgehead atoms. The highest BCUT2D eigenvalue weighted by Crippen LogP contribution is 2.21. The van der Waals surface area contributed by atoms with E-state index in [1.54, 1.807) is 0 Å². The average molecular weight is 314 g/mol. The van der Waals surface area contributed by atoms with Gasteiger partial charge in [-0.15, -0.1) is 0 Å². The van der Waals surface area contributed by atoms with Crippen LogP contribution < -0.4 is 0 Å². The predicted molar refractivity (Wildman–Crippen MR) is 78.1 cm³/mol. The molecule has 2 aliphatic rings. The van der Waals surface area contributed by atoms with Crippen LogP contribution in [0.4, 0.5) is 0 Å². The Kier molecular flexibility index (Phi) is 7.66. The summed E-state index contributed by atoms with van der Waals surface area (Å²) in [5.74, 6) is -0.408. The summed E-state index contributed by atoms with van der Waals surface area (Å²) in [6.45, 7) is 1.04. The highest BCUT2D eigenvalue weighted by molar-refractivity contribution is 5.70. The number of esters is 2. The third-order valence-corrected chi connectivity index (χ3v) is 3.93. The van der Waals surface area contributed by atoms with E-state index >= 15 is 0 Å². The Morgan fingerprint density at radius 3 is 1.95 bits per heavy atom. The van der Waals surface area contributed by atoms with Crippen molar-refractivity contribution in [2.75, 3.05) is 20.0 Å². The van der Waals surface area contributed by atoms with Crippen molar-refractivity contribution in [3.63, 3.8) is 0 Å². The van der Waals surface area contributed by atoms with Gasteiger partial charge >= 0.3 is 11.9 Å². The molecule has 1 aliphatic carbocycles. The van der Waals surface area contributed by atoms with Gasteiger partial charge < -0.3 is 18.9 Å². The Hall–Kier alpha value is -1.14. The number of rotatable bonds is 7. The molecule has 0 amide bonds. The molecule has 0 aromatic carbocycles. The molecule has 0 atom stereocenters. The van der Waals surface area contributed by atoms with Crippen molar-refractivity contribution >= 4 is 11.9 Å². The van der Waals surface area contributed by atoms with E-state index in [2.05, 4.69) is 0 Å². The smallest absolute Gasteiger partial charge is 0.306 e. The summed E-state index contributed by atoms with van der Waals surface area (Å²) >= 11 is 0. The number of hydrogen-bond acceptors (Lipinski definition) is 6. The van der Waals surface area contributed by atoms with Gasteiger partial charge in [0.25, 0.3) is 0 Å². The zero-order valence-corrected chi connectivity index (χ0v) is 13.1. The Labute approximate surface area is 131 Å². The lowest BCUT2D eigenvalue weighted by Crippen LogP contribution is -2.33. The molecular weight excluding hydrogens is 288 g/mol. The summed E-state index contributed by atoms with van der Waals surface area (Å²) in [6.07, 6.45) is 7.30. The molecule has 1 saturated heterocycles. The first-order chi connectivity index (χ1) is 10.7. The Morgan fingerprint density at radius 1 is 0.818 bits per heavy atom. The quantitative estimate of drug-likeness (QED) is 0.530. The first-order valence-corrected chi connectivity index (χ1v) is 8.28. The molecule has 0 aromatic rings. The second-order valence-corrected chi connectivity index (χ2v) is 5.93. The van der Waals surface area contributed by atoms with Gasteiger partial charge in [0.2, 0.25) is 0 Å². The van der Waals surface area contributed by atoms with Crippen LogP contribution in [-0.4, -0.2) is 44.2 Å². The van der Waals surface area contributed by atoms with Gasteiger partial charge in [0.05, 0.1) is 13.2 Å². The molecule has 0 unspecified atom stereocenters. The standard InChI is InChI=1S/C16H26O6/c17-15(21-13-6-2-1-3-7-13)8-4-5-9-16(18)22-14-10-19-12-20-11-14/h13-14H,1-12H2. The minimum absolute atomic E-state index is 0.109. The van der Waals surface area contributed by atoms with Crippen LogP contribution in [0.5, 0.6) is 0 Å². The average Bonchev–Trinajstić information content (AvgIpc) is 2.53. The Morgan fingerprint density at radius 2 is 1.36 bits per heavy atom. The van der Waals surface area contributed by atoms with Crippen molar-refractivity contribution in [3.8, 4) is 0 Å². The maximum Gasteiger partial charge on any atom is 0.306 e. The topological polar surface area (TPSA) is 71.1 Å². The molecule has 126 valence electrons. The van der Waals surface area contributed by atoms with E-state index in [0.29, 0.717) is 38.9 Å². The SMILES string of the molecule is O=C(CCCCC(=O)OC1COCOC1)OC1CCCCC1. The number of ether oxygens (including phenoxy) is 4. The minimum Gasteiger partial charge on any atom is -0.462 e. The van der Waals surface area contributed by atoms with Gasteiger partial charge in [-0.25, -0.2) is 0 Å². The molecule has 2 fully saturated rings. The maximum absolute atomic E-state index is 11.7. The van der Waals surface area contributed by atoms with Crippen molar-refractivity contribution in [3.05, 3.63) is 0 Å². The fourth-order valence-corrected chi connectivity index (χ4v) is 2.75. The fourth-order valence-electron chi connectivity index (χ4n) is 2.75. The summed E-state index contributed by atoms with van der Waals surface area (Å²) in [5.41, 5.74) is 0. The third kappa shape index (κ3) is 6.75. The van der Waals surface area contributed by atoms with Crippen molar-refractivity contribution in [1.82, 2.24) is 0 Å². The first-order valence-electron chi connectivity index (χ1n) is 8.28. The lowest BCUT2D eigenvalue weighted by atomic mass is 9.98. The Balaban J connectivity index is 1.48. The molecule has 6 nitrogen and oxygen atoms in total. The zero-order chi connectivity index (χ0) is 15.6. The van der Waals surface area contributed by atoms with E-state index < -0.39 is 0 Å². The molecule has 0 aromatic heterocycles.